The molecule has 0 aromatic rings. The van der Waals surface area contributed by atoms with Crippen LogP contribution in [0.4, 0.5) is 0 Å². The van der Waals surface area contributed by atoms with Gasteiger partial charge in [-0.2, -0.15) is 12.6 Å². The summed E-state index contributed by atoms with van der Waals surface area (Å²) in [5.41, 5.74) is 0. The smallest absolute Gasteiger partial charge is 0.00922 e. The van der Waals surface area contributed by atoms with Crippen molar-refractivity contribution in [2.45, 2.75) is 89.5 Å². The van der Waals surface area contributed by atoms with Gasteiger partial charge in [-0.25, -0.2) is 0 Å². The highest BCUT2D eigenvalue weighted by molar-refractivity contribution is 7.80. The lowest BCUT2D eigenvalue weighted by Gasteiger charge is -2.27. The van der Waals surface area contributed by atoms with Gasteiger partial charge in [0.25, 0.3) is 0 Å². The van der Waals surface area contributed by atoms with E-state index in [2.05, 4.69) is 24.6 Å². The second-order valence-electron chi connectivity index (χ2n) is 6.32. The molecule has 0 spiro atoms. The monoisotopic (exact) mass is 285 g/mol. The third kappa shape index (κ3) is 8.96. The fourth-order valence-electron chi connectivity index (χ4n) is 3.24. The molecule has 0 aromatic carbocycles. The Bertz CT molecular complexity index is 188. The molecule has 0 bridgehead atoms. The minimum absolute atomic E-state index is 0.887. The first-order chi connectivity index (χ1) is 9.34. The van der Waals surface area contributed by atoms with E-state index in [1.807, 2.05) is 0 Å². The van der Waals surface area contributed by atoms with Crippen molar-refractivity contribution in [3.8, 4) is 0 Å². The topological polar surface area (TPSA) is 3.24 Å². The van der Waals surface area contributed by atoms with Gasteiger partial charge in [-0.1, -0.05) is 57.8 Å². The van der Waals surface area contributed by atoms with Gasteiger partial charge in [-0.3, -0.25) is 0 Å². The highest BCUT2D eigenvalue weighted by Crippen LogP contribution is 2.21. The fourth-order valence-corrected chi connectivity index (χ4v) is 3.46. The SMILES string of the molecule is CN(CCCCCCCCCS)C1CCCCCC1. The molecular weight excluding hydrogens is 250 g/mol. The zero-order chi connectivity index (χ0) is 13.8. The van der Waals surface area contributed by atoms with E-state index >= 15 is 0 Å². The number of thiol groups is 1. The van der Waals surface area contributed by atoms with Crippen molar-refractivity contribution in [1.29, 1.82) is 0 Å². The van der Waals surface area contributed by atoms with Crippen LogP contribution in [0.2, 0.25) is 0 Å². The Morgan fingerprint density at radius 3 is 1.89 bits per heavy atom. The molecule has 1 fully saturated rings. The maximum absolute atomic E-state index is 4.25. The van der Waals surface area contributed by atoms with Crippen LogP contribution in [0.5, 0.6) is 0 Å². The van der Waals surface area contributed by atoms with Crippen LogP contribution in [0.1, 0.15) is 83.5 Å². The predicted octanol–water partition coefficient (Wildman–Crippen LogP) is 5.30. The summed E-state index contributed by atoms with van der Waals surface area (Å²) in [6.45, 7) is 1.32. The van der Waals surface area contributed by atoms with Gasteiger partial charge in [0.15, 0.2) is 0 Å². The highest BCUT2D eigenvalue weighted by Gasteiger charge is 2.15. The summed E-state index contributed by atoms with van der Waals surface area (Å²) < 4.78 is 0. The Kier molecular flexibility index (Phi) is 11.0. The van der Waals surface area contributed by atoms with Crippen LogP contribution in [0.15, 0.2) is 0 Å². The van der Waals surface area contributed by atoms with Crippen molar-refractivity contribution in [2.24, 2.45) is 0 Å². The zero-order valence-corrected chi connectivity index (χ0v) is 14.0. The van der Waals surface area contributed by atoms with E-state index in [1.165, 1.54) is 90.0 Å². The van der Waals surface area contributed by atoms with E-state index in [4.69, 9.17) is 0 Å². The molecule has 0 amide bonds. The molecule has 1 saturated carbocycles. The quantitative estimate of drug-likeness (QED) is 0.324. The van der Waals surface area contributed by atoms with Crippen molar-refractivity contribution in [2.75, 3.05) is 19.3 Å². The van der Waals surface area contributed by atoms with E-state index in [1.54, 1.807) is 0 Å². The first kappa shape index (κ1) is 17.4. The maximum Gasteiger partial charge on any atom is 0.00922 e. The molecule has 1 nitrogen and oxygen atoms in total. The van der Waals surface area contributed by atoms with Crippen molar-refractivity contribution >= 4 is 12.6 Å². The van der Waals surface area contributed by atoms with E-state index in [-0.39, 0.29) is 0 Å². The molecule has 1 aliphatic carbocycles. The zero-order valence-electron chi connectivity index (χ0n) is 13.1. The summed E-state index contributed by atoms with van der Waals surface area (Å²) in [5, 5.41) is 0. The number of nitrogens with zero attached hydrogens (tertiary/aromatic N) is 1. The van der Waals surface area contributed by atoms with Gasteiger partial charge in [0, 0.05) is 6.04 Å². The first-order valence-corrected chi connectivity index (χ1v) is 9.29. The Balaban J connectivity index is 1.93. The molecule has 0 aliphatic heterocycles. The number of rotatable bonds is 10. The second kappa shape index (κ2) is 12.1. The summed E-state index contributed by atoms with van der Waals surface area (Å²) >= 11 is 4.25. The molecule has 19 heavy (non-hydrogen) atoms. The summed E-state index contributed by atoms with van der Waals surface area (Å²) in [7, 11) is 2.35. The fraction of sp³-hybridized carbons (Fsp3) is 1.00. The average Bonchev–Trinajstić information content (AvgIpc) is 2.70. The Hall–Kier alpha value is 0.310. The molecule has 2 heteroatoms. The third-order valence-electron chi connectivity index (χ3n) is 4.62. The minimum Gasteiger partial charge on any atom is -0.303 e. The average molecular weight is 286 g/mol. The predicted molar refractivity (Wildman–Crippen MR) is 90.3 cm³/mol. The summed E-state index contributed by atoms with van der Waals surface area (Å²) in [6.07, 6.45) is 18.5. The number of unbranched alkanes of at least 4 members (excludes halogenated alkanes) is 6. The lowest BCUT2D eigenvalue weighted by molar-refractivity contribution is 0.216. The molecule has 0 N–H and O–H groups in total. The third-order valence-corrected chi connectivity index (χ3v) is 4.93. The van der Waals surface area contributed by atoms with E-state index in [9.17, 15) is 0 Å². The first-order valence-electron chi connectivity index (χ1n) is 8.65. The van der Waals surface area contributed by atoms with Gasteiger partial charge in [0.2, 0.25) is 0 Å². The minimum atomic E-state index is 0.887. The molecule has 114 valence electrons. The molecule has 1 rings (SSSR count). The molecule has 0 saturated heterocycles. The Morgan fingerprint density at radius 2 is 1.32 bits per heavy atom. The lowest BCUT2D eigenvalue weighted by atomic mass is 10.1. The van der Waals surface area contributed by atoms with Crippen LogP contribution in [0.3, 0.4) is 0 Å². The Morgan fingerprint density at radius 1 is 0.789 bits per heavy atom. The highest BCUT2D eigenvalue weighted by atomic mass is 32.1. The van der Waals surface area contributed by atoms with E-state index < -0.39 is 0 Å². The van der Waals surface area contributed by atoms with Crippen LogP contribution in [-0.2, 0) is 0 Å². The standard InChI is InChI=1S/C17H35NS/c1-18(17-13-9-5-6-10-14-17)15-11-7-3-2-4-8-12-16-19/h17,19H,2-16H2,1H3. The van der Waals surface area contributed by atoms with Crippen molar-refractivity contribution in [3.05, 3.63) is 0 Å². The molecule has 0 unspecified atom stereocenters. The normalized spacial score (nSPS) is 17.8. The molecule has 1 aliphatic rings. The van der Waals surface area contributed by atoms with Crippen LogP contribution < -0.4 is 0 Å². The van der Waals surface area contributed by atoms with Crippen LogP contribution >= 0.6 is 12.6 Å². The Labute approximate surface area is 126 Å². The molecule has 0 atom stereocenters. The molecule has 0 heterocycles. The second-order valence-corrected chi connectivity index (χ2v) is 6.77. The lowest BCUT2D eigenvalue weighted by Crippen LogP contribution is -2.32. The number of hydrogen-bond donors (Lipinski definition) is 1. The summed E-state index contributed by atoms with van der Waals surface area (Å²) in [6, 6.07) is 0.887. The van der Waals surface area contributed by atoms with Gasteiger partial charge in [0.1, 0.15) is 0 Å². The van der Waals surface area contributed by atoms with Gasteiger partial charge in [-0.05, 0) is 45.0 Å². The largest absolute Gasteiger partial charge is 0.303 e. The van der Waals surface area contributed by atoms with Crippen molar-refractivity contribution < 1.29 is 0 Å². The van der Waals surface area contributed by atoms with Gasteiger partial charge >= 0.3 is 0 Å². The van der Waals surface area contributed by atoms with Crippen LogP contribution in [0.25, 0.3) is 0 Å². The van der Waals surface area contributed by atoms with Gasteiger partial charge in [0.05, 0.1) is 0 Å². The van der Waals surface area contributed by atoms with Gasteiger partial charge in [-0.15, -0.1) is 0 Å². The van der Waals surface area contributed by atoms with E-state index in [0.717, 1.165) is 11.8 Å². The molecule has 0 radical (unpaired) electrons. The van der Waals surface area contributed by atoms with Gasteiger partial charge < -0.3 is 4.90 Å². The molecule has 0 aromatic heterocycles. The van der Waals surface area contributed by atoms with Crippen molar-refractivity contribution in [1.82, 2.24) is 4.90 Å². The number of hydrogen-bond acceptors (Lipinski definition) is 2. The van der Waals surface area contributed by atoms with Crippen LogP contribution in [-0.4, -0.2) is 30.3 Å². The molecular formula is C17H35NS. The maximum atomic E-state index is 4.25. The summed E-state index contributed by atoms with van der Waals surface area (Å²) in [5.74, 6) is 1.06. The van der Waals surface area contributed by atoms with Crippen LogP contribution in [0, 0.1) is 0 Å². The summed E-state index contributed by atoms with van der Waals surface area (Å²) in [4.78, 5) is 2.65. The van der Waals surface area contributed by atoms with E-state index in [0.29, 0.717) is 0 Å². The van der Waals surface area contributed by atoms with Crippen molar-refractivity contribution in [3.63, 3.8) is 0 Å².